The number of rotatable bonds is 7. The fourth-order valence-electron chi connectivity index (χ4n) is 2.08. The molecule has 1 unspecified atom stereocenters. The molecule has 0 fully saturated rings. The average Bonchev–Trinajstić information content (AvgIpc) is 2.84. The molecule has 1 atom stereocenters. The molecule has 1 aromatic carbocycles. The van der Waals surface area contributed by atoms with E-state index in [-0.39, 0.29) is 5.82 Å². The van der Waals surface area contributed by atoms with Crippen LogP contribution in [0.4, 0.5) is 4.39 Å². The summed E-state index contributed by atoms with van der Waals surface area (Å²) in [6.45, 7) is 5.17. The van der Waals surface area contributed by atoms with Gasteiger partial charge in [0, 0.05) is 18.9 Å². The highest BCUT2D eigenvalue weighted by Crippen LogP contribution is 2.10. The van der Waals surface area contributed by atoms with E-state index in [0.717, 1.165) is 24.9 Å². The van der Waals surface area contributed by atoms with Gasteiger partial charge in [0.25, 0.3) is 0 Å². The van der Waals surface area contributed by atoms with E-state index in [1.807, 2.05) is 6.07 Å². The van der Waals surface area contributed by atoms with Crippen molar-refractivity contribution in [2.45, 2.75) is 39.2 Å². The molecular formula is C15H20FN3O. The molecule has 0 saturated carbocycles. The van der Waals surface area contributed by atoms with E-state index in [9.17, 15) is 4.39 Å². The highest BCUT2D eigenvalue weighted by molar-refractivity contribution is 5.19. The summed E-state index contributed by atoms with van der Waals surface area (Å²) in [6, 6.07) is 6.88. The van der Waals surface area contributed by atoms with Gasteiger partial charge in [0.05, 0.1) is 0 Å². The largest absolute Gasteiger partial charge is 0.339 e. The van der Waals surface area contributed by atoms with Gasteiger partial charge in [-0.2, -0.15) is 4.98 Å². The van der Waals surface area contributed by atoms with Gasteiger partial charge >= 0.3 is 0 Å². The number of hydrogen-bond donors (Lipinski definition) is 1. The van der Waals surface area contributed by atoms with E-state index in [2.05, 4.69) is 29.3 Å². The summed E-state index contributed by atoms with van der Waals surface area (Å²) in [7, 11) is 0. The normalized spacial score (nSPS) is 12.6. The van der Waals surface area contributed by atoms with Gasteiger partial charge in [-0.1, -0.05) is 24.2 Å². The third kappa shape index (κ3) is 4.42. The van der Waals surface area contributed by atoms with Crippen molar-refractivity contribution < 1.29 is 8.91 Å². The van der Waals surface area contributed by atoms with Crippen LogP contribution in [0.25, 0.3) is 0 Å². The topological polar surface area (TPSA) is 51.0 Å². The Labute approximate surface area is 118 Å². The zero-order valence-corrected chi connectivity index (χ0v) is 11.9. The molecule has 1 heterocycles. The van der Waals surface area contributed by atoms with Crippen molar-refractivity contribution in [3.05, 3.63) is 47.4 Å². The minimum absolute atomic E-state index is 0.245. The number of aryl methyl sites for hydroxylation is 1. The first-order valence-corrected chi connectivity index (χ1v) is 6.96. The minimum Gasteiger partial charge on any atom is -0.339 e. The predicted molar refractivity (Wildman–Crippen MR) is 75.0 cm³/mol. The van der Waals surface area contributed by atoms with Crippen molar-refractivity contribution in [1.82, 2.24) is 15.5 Å². The third-order valence-corrected chi connectivity index (χ3v) is 3.11. The monoisotopic (exact) mass is 277 g/mol. The number of halogens is 1. The van der Waals surface area contributed by atoms with Crippen molar-refractivity contribution in [3.8, 4) is 0 Å². The van der Waals surface area contributed by atoms with Crippen molar-refractivity contribution >= 4 is 0 Å². The fourth-order valence-corrected chi connectivity index (χ4v) is 2.08. The van der Waals surface area contributed by atoms with Crippen molar-refractivity contribution in [3.63, 3.8) is 0 Å². The second-order valence-corrected chi connectivity index (χ2v) is 4.91. The van der Waals surface area contributed by atoms with Crippen LogP contribution in [0.5, 0.6) is 0 Å². The lowest BCUT2D eigenvalue weighted by Gasteiger charge is -2.09. The van der Waals surface area contributed by atoms with Gasteiger partial charge in [0.15, 0.2) is 5.82 Å². The molecule has 0 saturated heterocycles. The highest BCUT2D eigenvalue weighted by Gasteiger charge is 2.09. The molecule has 0 aliphatic heterocycles. The first-order chi connectivity index (χ1) is 9.67. The standard InChI is InChI=1S/C15H20FN3O/c1-3-17-11(2)7-8-15-18-14(19-20-15)10-12-5-4-6-13(16)9-12/h4-6,9,11,17H,3,7-8,10H2,1-2H3. The Hall–Kier alpha value is -1.75. The van der Waals surface area contributed by atoms with E-state index in [1.165, 1.54) is 12.1 Å². The van der Waals surface area contributed by atoms with Gasteiger partial charge in [-0.25, -0.2) is 4.39 Å². The van der Waals surface area contributed by atoms with Crippen LogP contribution in [0.3, 0.4) is 0 Å². The summed E-state index contributed by atoms with van der Waals surface area (Å²) < 4.78 is 18.3. The molecular weight excluding hydrogens is 257 g/mol. The second kappa shape index (κ2) is 7.14. The van der Waals surface area contributed by atoms with Gasteiger partial charge in [0.2, 0.25) is 5.89 Å². The van der Waals surface area contributed by atoms with Crippen LogP contribution in [-0.4, -0.2) is 22.7 Å². The van der Waals surface area contributed by atoms with Crippen LogP contribution in [0.2, 0.25) is 0 Å². The Morgan fingerprint density at radius 3 is 3.00 bits per heavy atom. The lowest BCUT2D eigenvalue weighted by atomic mass is 10.1. The third-order valence-electron chi connectivity index (χ3n) is 3.11. The first-order valence-electron chi connectivity index (χ1n) is 6.96. The molecule has 2 rings (SSSR count). The van der Waals surface area contributed by atoms with E-state index < -0.39 is 0 Å². The van der Waals surface area contributed by atoms with E-state index in [0.29, 0.717) is 24.2 Å². The first kappa shape index (κ1) is 14.7. The van der Waals surface area contributed by atoms with Crippen LogP contribution in [-0.2, 0) is 12.8 Å². The molecule has 0 aliphatic carbocycles. The molecule has 4 nitrogen and oxygen atoms in total. The van der Waals surface area contributed by atoms with Crippen LogP contribution in [0.1, 0.15) is 37.5 Å². The molecule has 0 radical (unpaired) electrons. The Morgan fingerprint density at radius 2 is 2.25 bits per heavy atom. The lowest BCUT2D eigenvalue weighted by molar-refractivity contribution is 0.363. The molecule has 1 N–H and O–H groups in total. The zero-order chi connectivity index (χ0) is 14.4. The SMILES string of the molecule is CCNC(C)CCc1nc(Cc2cccc(F)c2)no1. The number of benzene rings is 1. The molecule has 1 aromatic heterocycles. The molecule has 0 aliphatic rings. The van der Waals surface area contributed by atoms with E-state index in [4.69, 9.17) is 4.52 Å². The number of aromatic nitrogens is 2. The molecule has 0 spiro atoms. The lowest BCUT2D eigenvalue weighted by Crippen LogP contribution is -2.25. The summed E-state index contributed by atoms with van der Waals surface area (Å²) in [5.74, 6) is 0.994. The Kier molecular flexibility index (Phi) is 5.24. The summed E-state index contributed by atoms with van der Waals surface area (Å²) in [4.78, 5) is 4.34. The molecule has 0 bridgehead atoms. The van der Waals surface area contributed by atoms with E-state index in [1.54, 1.807) is 6.07 Å². The summed E-state index contributed by atoms with van der Waals surface area (Å²) >= 11 is 0. The van der Waals surface area contributed by atoms with Gasteiger partial charge in [0.1, 0.15) is 5.82 Å². The van der Waals surface area contributed by atoms with Gasteiger partial charge < -0.3 is 9.84 Å². The molecule has 0 amide bonds. The maximum Gasteiger partial charge on any atom is 0.226 e. The average molecular weight is 277 g/mol. The zero-order valence-electron chi connectivity index (χ0n) is 11.9. The van der Waals surface area contributed by atoms with Gasteiger partial charge in [-0.05, 0) is 37.6 Å². The fraction of sp³-hybridized carbons (Fsp3) is 0.467. The van der Waals surface area contributed by atoms with E-state index >= 15 is 0 Å². The Bertz CT molecular complexity index is 541. The highest BCUT2D eigenvalue weighted by atomic mass is 19.1. The Balaban J connectivity index is 1.89. The van der Waals surface area contributed by atoms with Crippen LogP contribution in [0.15, 0.2) is 28.8 Å². The molecule has 5 heteroatoms. The van der Waals surface area contributed by atoms with Crippen molar-refractivity contribution in [1.29, 1.82) is 0 Å². The summed E-state index contributed by atoms with van der Waals surface area (Å²) in [5.41, 5.74) is 0.846. The van der Waals surface area contributed by atoms with Crippen LogP contribution in [0, 0.1) is 5.82 Å². The maximum absolute atomic E-state index is 13.1. The van der Waals surface area contributed by atoms with Gasteiger partial charge in [-0.3, -0.25) is 0 Å². The quantitative estimate of drug-likeness (QED) is 0.845. The van der Waals surface area contributed by atoms with Crippen molar-refractivity contribution in [2.75, 3.05) is 6.54 Å². The number of hydrogen-bond acceptors (Lipinski definition) is 4. The number of nitrogens with one attached hydrogen (secondary N) is 1. The second-order valence-electron chi connectivity index (χ2n) is 4.91. The number of nitrogens with zero attached hydrogens (tertiary/aromatic N) is 2. The summed E-state index contributed by atoms with van der Waals surface area (Å²) in [6.07, 6.45) is 2.20. The van der Waals surface area contributed by atoms with Crippen LogP contribution < -0.4 is 5.32 Å². The van der Waals surface area contributed by atoms with Gasteiger partial charge in [-0.15, -0.1) is 0 Å². The summed E-state index contributed by atoms with van der Waals surface area (Å²) in [5, 5.41) is 7.27. The minimum atomic E-state index is -0.245. The smallest absolute Gasteiger partial charge is 0.226 e. The Morgan fingerprint density at radius 1 is 1.40 bits per heavy atom. The maximum atomic E-state index is 13.1. The molecule has 2 aromatic rings. The van der Waals surface area contributed by atoms with Crippen molar-refractivity contribution in [2.24, 2.45) is 0 Å². The van der Waals surface area contributed by atoms with Crippen LogP contribution >= 0.6 is 0 Å². The molecule has 20 heavy (non-hydrogen) atoms. The molecule has 108 valence electrons. The predicted octanol–water partition coefficient (Wildman–Crippen LogP) is 2.73.